The number of carbonyl (C=O) groups excluding carboxylic acids is 1. The summed E-state index contributed by atoms with van der Waals surface area (Å²) >= 11 is 13.6. The Bertz CT molecular complexity index is 596. The average molecular weight is 297 g/mol. The molecule has 2 rings (SSSR count). The van der Waals surface area contributed by atoms with Crippen LogP contribution in [-0.4, -0.2) is 6.29 Å². The lowest BCUT2D eigenvalue weighted by atomic mass is 10.2. The minimum Gasteiger partial charge on any atom is -0.298 e. The molecule has 0 aliphatic heterocycles. The molecule has 0 spiro atoms. The van der Waals surface area contributed by atoms with E-state index >= 15 is 0 Å². The fraction of sp³-hybridized carbons (Fsp3) is 0.0714. The molecule has 92 valence electrons. The van der Waals surface area contributed by atoms with E-state index in [0.717, 1.165) is 21.6 Å². The first-order valence-electron chi connectivity index (χ1n) is 5.29. The zero-order valence-corrected chi connectivity index (χ0v) is 11.9. The van der Waals surface area contributed by atoms with Gasteiger partial charge in [0.1, 0.15) is 6.29 Å². The van der Waals surface area contributed by atoms with Crippen molar-refractivity contribution in [3.8, 4) is 0 Å². The van der Waals surface area contributed by atoms with Crippen LogP contribution in [0.5, 0.6) is 0 Å². The molecular weight excluding hydrogens is 287 g/mol. The van der Waals surface area contributed by atoms with Crippen molar-refractivity contribution in [2.24, 2.45) is 0 Å². The molecule has 0 unspecified atom stereocenters. The summed E-state index contributed by atoms with van der Waals surface area (Å²) in [4.78, 5) is 12.7. The van der Waals surface area contributed by atoms with Gasteiger partial charge in [-0.1, -0.05) is 41.0 Å². The molecular formula is C14H10Cl2OS. The Morgan fingerprint density at radius 2 is 1.83 bits per heavy atom. The van der Waals surface area contributed by atoms with Crippen LogP contribution in [0.4, 0.5) is 0 Å². The quantitative estimate of drug-likeness (QED) is 0.718. The van der Waals surface area contributed by atoms with Gasteiger partial charge in [0, 0.05) is 20.4 Å². The first-order valence-corrected chi connectivity index (χ1v) is 6.86. The minimum absolute atomic E-state index is 0.657. The summed E-state index contributed by atoms with van der Waals surface area (Å²) in [5.41, 5.74) is 1.72. The number of carbonyl (C=O) groups is 1. The summed E-state index contributed by atoms with van der Waals surface area (Å²) in [5, 5.41) is 1.33. The SMILES string of the molecule is Cc1cc(C=O)ccc1Sc1cc(Cl)ccc1Cl. The number of hydrogen-bond acceptors (Lipinski definition) is 2. The topological polar surface area (TPSA) is 17.1 Å². The van der Waals surface area contributed by atoms with Crippen LogP contribution in [0.1, 0.15) is 15.9 Å². The Labute approximate surface area is 120 Å². The van der Waals surface area contributed by atoms with Crippen LogP contribution in [0, 0.1) is 6.92 Å². The molecule has 2 aromatic carbocycles. The Balaban J connectivity index is 2.34. The van der Waals surface area contributed by atoms with Crippen molar-refractivity contribution in [3.05, 3.63) is 57.6 Å². The first-order chi connectivity index (χ1) is 8.60. The summed E-state index contributed by atoms with van der Waals surface area (Å²) in [6.45, 7) is 1.97. The molecule has 0 saturated carbocycles. The van der Waals surface area contributed by atoms with E-state index in [1.165, 1.54) is 0 Å². The van der Waals surface area contributed by atoms with Gasteiger partial charge in [0.05, 0.1) is 5.02 Å². The maximum Gasteiger partial charge on any atom is 0.150 e. The Kier molecular flexibility index (Phi) is 4.33. The van der Waals surface area contributed by atoms with Crippen LogP contribution in [-0.2, 0) is 0 Å². The lowest BCUT2D eigenvalue weighted by molar-refractivity contribution is 0.112. The van der Waals surface area contributed by atoms with Gasteiger partial charge >= 0.3 is 0 Å². The van der Waals surface area contributed by atoms with Crippen molar-refractivity contribution < 1.29 is 4.79 Å². The molecule has 0 aliphatic carbocycles. The lowest BCUT2D eigenvalue weighted by Crippen LogP contribution is -1.85. The third-order valence-corrected chi connectivity index (χ3v) is 4.36. The normalized spacial score (nSPS) is 10.4. The van der Waals surface area contributed by atoms with Crippen molar-refractivity contribution in [2.45, 2.75) is 16.7 Å². The third-order valence-electron chi connectivity index (χ3n) is 2.45. The highest BCUT2D eigenvalue weighted by Crippen LogP contribution is 2.36. The van der Waals surface area contributed by atoms with Crippen molar-refractivity contribution in [2.75, 3.05) is 0 Å². The number of aldehydes is 1. The van der Waals surface area contributed by atoms with E-state index in [-0.39, 0.29) is 0 Å². The van der Waals surface area contributed by atoms with E-state index in [2.05, 4.69) is 0 Å². The number of hydrogen-bond donors (Lipinski definition) is 0. The second kappa shape index (κ2) is 5.79. The minimum atomic E-state index is 0.657. The maximum atomic E-state index is 10.7. The number of rotatable bonds is 3. The largest absolute Gasteiger partial charge is 0.298 e. The Morgan fingerprint density at radius 3 is 2.50 bits per heavy atom. The smallest absolute Gasteiger partial charge is 0.150 e. The molecule has 0 fully saturated rings. The van der Waals surface area contributed by atoms with Crippen molar-refractivity contribution in [1.29, 1.82) is 0 Å². The van der Waals surface area contributed by atoms with Crippen LogP contribution in [0.3, 0.4) is 0 Å². The fourth-order valence-corrected chi connectivity index (χ4v) is 2.95. The monoisotopic (exact) mass is 296 g/mol. The second-order valence-corrected chi connectivity index (χ2v) is 5.75. The number of aryl methyl sites for hydroxylation is 1. The first kappa shape index (κ1) is 13.5. The fourth-order valence-electron chi connectivity index (χ4n) is 1.53. The molecule has 0 heterocycles. The average Bonchev–Trinajstić information content (AvgIpc) is 2.36. The molecule has 0 aliphatic rings. The van der Waals surface area contributed by atoms with Crippen LogP contribution in [0.2, 0.25) is 10.0 Å². The highest BCUT2D eigenvalue weighted by atomic mass is 35.5. The maximum absolute atomic E-state index is 10.7. The van der Waals surface area contributed by atoms with Gasteiger partial charge in [0.25, 0.3) is 0 Å². The summed E-state index contributed by atoms with van der Waals surface area (Å²) in [5.74, 6) is 0. The van der Waals surface area contributed by atoms with E-state index in [4.69, 9.17) is 23.2 Å². The Hall–Kier alpha value is -0.960. The standard InChI is InChI=1S/C14H10Cl2OS/c1-9-6-10(8-17)2-5-13(9)18-14-7-11(15)3-4-12(14)16/h2-8H,1H3. The van der Waals surface area contributed by atoms with Crippen molar-refractivity contribution in [3.63, 3.8) is 0 Å². The van der Waals surface area contributed by atoms with Gasteiger partial charge in [-0.3, -0.25) is 4.79 Å². The molecule has 1 nitrogen and oxygen atoms in total. The van der Waals surface area contributed by atoms with Gasteiger partial charge < -0.3 is 0 Å². The number of benzene rings is 2. The van der Waals surface area contributed by atoms with E-state index in [9.17, 15) is 4.79 Å². The predicted molar refractivity (Wildman–Crippen MR) is 77.2 cm³/mol. The number of halogens is 2. The van der Waals surface area contributed by atoms with Crippen LogP contribution >= 0.6 is 35.0 Å². The van der Waals surface area contributed by atoms with Crippen molar-refractivity contribution in [1.82, 2.24) is 0 Å². The third kappa shape index (κ3) is 3.08. The molecule has 0 amide bonds. The molecule has 0 atom stereocenters. The summed E-state index contributed by atoms with van der Waals surface area (Å²) in [7, 11) is 0. The summed E-state index contributed by atoms with van der Waals surface area (Å²) in [6.07, 6.45) is 0.841. The van der Waals surface area contributed by atoms with Gasteiger partial charge in [-0.15, -0.1) is 0 Å². The van der Waals surface area contributed by atoms with Gasteiger partial charge in [0.15, 0.2) is 0 Å². The molecule has 2 aromatic rings. The molecule has 0 aromatic heterocycles. The zero-order chi connectivity index (χ0) is 13.1. The molecule has 0 saturated heterocycles. The van der Waals surface area contributed by atoms with E-state index in [0.29, 0.717) is 15.6 Å². The van der Waals surface area contributed by atoms with Crippen LogP contribution in [0.25, 0.3) is 0 Å². The highest BCUT2D eigenvalue weighted by Gasteiger charge is 2.06. The summed E-state index contributed by atoms with van der Waals surface area (Å²) < 4.78 is 0. The zero-order valence-electron chi connectivity index (χ0n) is 9.61. The van der Waals surface area contributed by atoms with Gasteiger partial charge in [-0.25, -0.2) is 0 Å². The van der Waals surface area contributed by atoms with E-state index in [1.54, 1.807) is 30.0 Å². The molecule has 0 radical (unpaired) electrons. The van der Waals surface area contributed by atoms with Crippen LogP contribution in [0.15, 0.2) is 46.2 Å². The van der Waals surface area contributed by atoms with E-state index < -0.39 is 0 Å². The van der Waals surface area contributed by atoms with Gasteiger partial charge in [-0.2, -0.15) is 0 Å². The molecule has 0 bridgehead atoms. The lowest BCUT2D eigenvalue weighted by Gasteiger charge is -2.08. The molecule has 18 heavy (non-hydrogen) atoms. The molecule has 4 heteroatoms. The highest BCUT2D eigenvalue weighted by molar-refractivity contribution is 7.99. The Morgan fingerprint density at radius 1 is 1.06 bits per heavy atom. The second-order valence-electron chi connectivity index (χ2n) is 3.82. The molecule has 0 N–H and O–H groups in total. The van der Waals surface area contributed by atoms with Gasteiger partial charge in [-0.05, 0) is 42.8 Å². The predicted octanol–water partition coefficient (Wildman–Crippen LogP) is 5.27. The van der Waals surface area contributed by atoms with Crippen LogP contribution < -0.4 is 0 Å². The van der Waals surface area contributed by atoms with Gasteiger partial charge in [0.2, 0.25) is 0 Å². The summed E-state index contributed by atoms with van der Waals surface area (Å²) in [6, 6.07) is 10.9. The van der Waals surface area contributed by atoms with E-state index in [1.807, 2.05) is 25.1 Å². The van der Waals surface area contributed by atoms with Crippen molar-refractivity contribution >= 4 is 41.2 Å².